The van der Waals surface area contributed by atoms with Crippen molar-refractivity contribution in [3.05, 3.63) is 71.3 Å². The van der Waals surface area contributed by atoms with Gasteiger partial charge < -0.3 is 9.84 Å². The van der Waals surface area contributed by atoms with Gasteiger partial charge in [-0.1, -0.05) is 55.5 Å². The van der Waals surface area contributed by atoms with Crippen molar-refractivity contribution in [1.82, 2.24) is 14.7 Å². The SMILES string of the molecule is CCCCOc1ccc(-c2nn(-c3ccccc3)cc2C=C2SC(=S)N(CCCC(=O)O)C2=O)cc1. The Morgan fingerprint density at radius 2 is 1.89 bits per heavy atom. The summed E-state index contributed by atoms with van der Waals surface area (Å²) in [5, 5.41) is 13.7. The molecule has 9 heteroatoms. The summed E-state index contributed by atoms with van der Waals surface area (Å²) in [6, 6.07) is 17.6. The number of hydrogen-bond donors (Lipinski definition) is 1. The van der Waals surface area contributed by atoms with Crippen LogP contribution in [0.5, 0.6) is 5.75 Å². The van der Waals surface area contributed by atoms with E-state index in [2.05, 4.69) is 6.92 Å². The fraction of sp³-hybridized carbons (Fsp3) is 0.259. The number of hydrogen-bond acceptors (Lipinski definition) is 6. The van der Waals surface area contributed by atoms with Gasteiger partial charge in [0.05, 0.1) is 22.9 Å². The number of thiocarbonyl (C=S) groups is 1. The van der Waals surface area contributed by atoms with Crippen LogP contribution in [-0.2, 0) is 9.59 Å². The quantitative estimate of drug-likeness (QED) is 0.194. The van der Waals surface area contributed by atoms with Gasteiger partial charge in [0.2, 0.25) is 0 Å². The lowest BCUT2D eigenvalue weighted by molar-refractivity contribution is -0.137. The van der Waals surface area contributed by atoms with E-state index in [4.69, 9.17) is 27.2 Å². The number of carbonyl (C=O) groups is 2. The lowest BCUT2D eigenvalue weighted by Crippen LogP contribution is -2.29. The van der Waals surface area contributed by atoms with Crippen LogP contribution in [0, 0.1) is 0 Å². The van der Waals surface area contributed by atoms with Crippen molar-refractivity contribution in [2.45, 2.75) is 32.6 Å². The predicted octanol–water partition coefficient (Wildman–Crippen LogP) is 5.78. The van der Waals surface area contributed by atoms with Gasteiger partial charge >= 0.3 is 5.97 Å². The summed E-state index contributed by atoms with van der Waals surface area (Å²) in [6.07, 6.45) is 6.12. The number of carboxylic acids is 1. The predicted molar refractivity (Wildman–Crippen MR) is 146 cm³/mol. The van der Waals surface area contributed by atoms with Gasteiger partial charge in [-0.3, -0.25) is 14.5 Å². The zero-order valence-electron chi connectivity index (χ0n) is 19.9. The second-order valence-corrected chi connectivity index (χ2v) is 9.95. The van der Waals surface area contributed by atoms with E-state index >= 15 is 0 Å². The molecule has 1 aliphatic heterocycles. The van der Waals surface area contributed by atoms with Crippen molar-refractivity contribution in [2.24, 2.45) is 0 Å². The van der Waals surface area contributed by atoms with Crippen LogP contribution >= 0.6 is 24.0 Å². The molecule has 0 aliphatic carbocycles. The average molecular weight is 522 g/mol. The molecule has 0 spiro atoms. The Kier molecular flexibility index (Phi) is 8.56. The van der Waals surface area contributed by atoms with E-state index in [1.54, 1.807) is 4.68 Å². The molecule has 0 unspecified atom stereocenters. The third-order valence-electron chi connectivity index (χ3n) is 5.59. The summed E-state index contributed by atoms with van der Waals surface area (Å²) in [6.45, 7) is 3.09. The number of carboxylic acid groups (broad SMARTS) is 1. The molecule has 1 N–H and O–H groups in total. The minimum atomic E-state index is -0.893. The van der Waals surface area contributed by atoms with Gasteiger partial charge in [-0.2, -0.15) is 5.10 Å². The average Bonchev–Trinajstić information content (AvgIpc) is 3.41. The minimum absolute atomic E-state index is 0.0117. The Hall–Kier alpha value is -3.43. The van der Waals surface area contributed by atoms with Gasteiger partial charge in [0.1, 0.15) is 10.1 Å². The van der Waals surface area contributed by atoms with E-state index in [1.165, 1.54) is 16.7 Å². The lowest BCUT2D eigenvalue weighted by atomic mass is 10.1. The first-order valence-electron chi connectivity index (χ1n) is 11.8. The fourth-order valence-corrected chi connectivity index (χ4v) is 5.00. The fourth-order valence-electron chi connectivity index (χ4n) is 3.70. The van der Waals surface area contributed by atoms with Crippen LogP contribution in [-0.4, -0.2) is 49.1 Å². The number of aliphatic carboxylic acids is 1. The number of nitrogens with zero attached hydrogens (tertiary/aromatic N) is 3. The maximum absolute atomic E-state index is 13.0. The highest BCUT2D eigenvalue weighted by Crippen LogP contribution is 2.35. The van der Waals surface area contributed by atoms with Gasteiger partial charge in [-0.15, -0.1) is 0 Å². The summed E-state index contributed by atoms with van der Waals surface area (Å²) in [5.41, 5.74) is 3.31. The van der Waals surface area contributed by atoms with Gasteiger partial charge in [0, 0.05) is 30.3 Å². The Morgan fingerprint density at radius 3 is 2.58 bits per heavy atom. The number of amides is 1. The second kappa shape index (κ2) is 12.0. The van der Waals surface area contributed by atoms with Gasteiger partial charge in [-0.25, -0.2) is 4.68 Å². The van der Waals surface area contributed by atoms with E-state index < -0.39 is 5.97 Å². The highest BCUT2D eigenvalue weighted by Gasteiger charge is 2.32. The molecule has 4 rings (SSSR count). The van der Waals surface area contributed by atoms with Crippen LogP contribution in [0.25, 0.3) is 23.0 Å². The van der Waals surface area contributed by atoms with Crippen LogP contribution in [0.15, 0.2) is 65.7 Å². The molecule has 0 atom stereocenters. The third kappa shape index (κ3) is 6.22. The second-order valence-electron chi connectivity index (χ2n) is 8.27. The number of thioether (sulfide) groups is 1. The van der Waals surface area contributed by atoms with Gasteiger partial charge in [0.15, 0.2) is 0 Å². The van der Waals surface area contributed by atoms with Crippen molar-refractivity contribution >= 4 is 46.3 Å². The number of para-hydroxylation sites is 1. The summed E-state index contributed by atoms with van der Waals surface area (Å²) >= 11 is 6.62. The normalized spacial score (nSPS) is 14.6. The smallest absolute Gasteiger partial charge is 0.303 e. The molecule has 2 heterocycles. The molecule has 1 aromatic heterocycles. The number of aromatic nitrogens is 2. The van der Waals surface area contributed by atoms with Crippen molar-refractivity contribution in [2.75, 3.05) is 13.2 Å². The largest absolute Gasteiger partial charge is 0.494 e. The molecule has 1 fully saturated rings. The molecular formula is C27H27N3O4S2. The zero-order chi connectivity index (χ0) is 25.5. The van der Waals surface area contributed by atoms with Crippen molar-refractivity contribution < 1.29 is 19.4 Å². The molecule has 0 radical (unpaired) electrons. The third-order valence-corrected chi connectivity index (χ3v) is 6.97. The lowest BCUT2D eigenvalue weighted by Gasteiger charge is -2.13. The van der Waals surface area contributed by atoms with E-state index in [0.29, 0.717) is 22.3 Å². The molecule has 186 valence electrons. The van der Waals surface area contributed by atoms with E-state index in [-0.39, 0.29) is 18.9 Å². The van der Waals surface area contributed by atoms with Crippen LogP contribution < -0.4 is 4.74 Å². The Bertz CT molecular complexity index is 1270. The Balaban J connectivity index is 1.64. The standard InChI is InChI=1S/C27H27N3O4S2/c1-2-3-16-34-22-13-11-19(12-14-22)25-20(18-30(28-25)21-8-5-4-6-9-21)17-23-26(33)29(27(35)36-23)15-7-10-24(31)32/h4-6,8-9,11-14,17-18H,2-3,7,10,15-16H2,1H3,(H,31,32). The number of ether oxygens (including phenoxy) is 1. The highest BCUT2D eigenvalue weighted by molar-refractivity contribution is 8.26. The van der Waals surface area contributed by atoms with Crippen molar-refractivity contribution in [1.29, 1.82) is 0 Å². The van der Waals surface area contributed by atoms with Crippen LogP contribution in [0.1, 0.15) is 38.2 Å². The van der Waals surface area contributed by atoms with Crippen LogP contribution in [0.3, 0.4) is 0 Å². The molecule has 0 bridgehead atoms. The summed E-state index contributed by atoms with van der Waals surface area (Å²) in [7, 11) is 0. The molecule has 2 aromatic carbocycles. The molecule has 7 nitrogen and oxygen atoms in total. The number of unbranched alkanes of at least 4 members (excludes halogenated alkanes) is 1. The van der Waals surface area contributed by atoms with Crippen molar-refractivity contribution in [3.8, 4) is 22.7 Å². The molecule has 3 aromatic rings. The summed E-state index contributed by atoms with van der Waals surface area (Å²) in [4.78, 5) is 25.9. The number of rotatable bonds is 11. The topological polar surface area (TPSA) is 84.7 Å². The first kappa shape index (κ1) is 25.7. The molecule has 1 amide bonds. The van der Waals surface area contributed by atoms with E-state index in [0.717, 1.165) is 41.1 Å². The molecule has 1 aliphatic rings. The molecule has 1 saturated heterocycles. The molecule has 36 heavy (non-hydrogen) atoms. The number of benzene rings is 2. The maximum Gasteiger partial charge on any atom is 0.303 e. The molecule has 0 saturated carbocycles. The monoisotopic (exact) mass is 521 g/mol. The number of carbonyl (C=O) groups excluding carboxylic acids is 1. The first-order valence-corrected chi connectivity index (χ1v) is 13.0. The van der Waals surface area contributed by atoms with E-state index in [1.807, 2.05) is 66.9 Å². The van der Waals surface area contributed by atoms with Gasteiger partial charge in [0.25, 0.3) is 5.91 Å². The van der Waals surface area contributed by atoms with E-state index in [9.17, 15) is 9.59 Å². The maximum atomic E-state index is 13.0. The first-order chi connectivity index (χ1) is 17.5. The van der Waals surface area contributed by atoms with Gasteiger partial charge in [-0.05, 0) is 55.3 Å². The summed E-state index contributed by atoms with van der Waals surface area (Å²) < 4.78 is 8.02. The minimum Gasteiger partial charge on any atom is -0.494 e. The van der Waals surface area contributed by atoms with Crippen LogP contribution in [0.2, 0.25) is 0 Å². The Labute approximate surface area is 219 Å². The summed E-state index contributed by atoms with van der Waals surface area (Å²) in [5.74, 6) is -0.303. The zero-order valence-corrected chi connectivity index (χ0v) is 21.6. The highest BCUT2D eigenvalue weighted by atomic mass is 32.2. The molecular weight excluding hydrogens is 494 g/mol. The van der Waals surface area contributed by atoms with Crippen LogP contribution in [0.4, 0.5) is 0 Å². The Morgan fingerprint density at radius 1 is 1.14 bits per heavy atom. The van der Waals surface area contributed by atoms with Crippen molar-refractivity contribution in [3.63, 3.8) is 0 Å².